The van der Waals surface area contributed by atoms with Gasteiger partial charge in [-0.3, -0.25) is 0 Å². The van der Waals surface area contributed by atoms with Gasteiger partial charge < -0.3 is 9.52 Å². The molecular formula is C10H14O2. The van der Waals surface area contributed by atoms with E-state index in [0.717, 1.165) is 0 Å². The van der Waals surface area contributed by atoms with Crippen molar-refractivity contribution in [3.8, 4) is 0 Å². The summed E-state index contributed by atoms with van der Waals surface area (Å²) in [6.45, 7) is 3.89. The van der Waals surface area contributed by atoms with Crippen LogP contribution in [0, 0.1) is 5.92 Å². The Kier molecular flexibility index (Phi) is 3.11. The highest BCUT2D eigenvalue weighted by Crippen LogP contribution is 2.22. The molecule has 0 aliphatic heterocycles. The van der Waals surface area contributed by atoms with E-state index in [9.17, 15) is 5.11 Å². The molecule has 0 spiro atoms. The minimum absolute atomic E-state index is 0.0983. The molecule has 2 heteroatoms. The van der Waals surface area contributed by atoms with Gasteiger partial charge in [0.25, 0.3) is 0 Å². The molecule has 0 aliphatic carbocycles. The van der Waals surface area contributed by atoms with Crippen LogP contribution in [0.3, 0.4) is 0 Å². The second-order valence-electron chi connectivity index (χ2n) is 2.85. The Morgan fingerprint density at radius 1 is 1.58 bits per heavy atom. The van der Waals surface area contributed by atoms with Gasteiger partial charge in [0.05, 0.1) is 6.26 Å². The molecule has 2 nitrogen and oxygen atoms in total. The largest absolute Gasteiger partial charge is 0.467 e. The number of allylic oxidation sites excluding steroid dienone is 1. The lowest BCUT2D eigenvalue weighted by molar-refractivity contribution is 0.114. The molecule has 0 bridgehead atoms. The summed E-state index contributed by atoms with van der Waals surface area (Å²) in [5.74, 6) is 0.724. The van der Waals surface area contributed by atoms with Gasteiger partial charge in [0, 0.05) is 5.92 Å². The second-order valence-corrected chi connectivity index (χ2v) is 2.85. The normalized spacial score (nSPS) is 16.6. The first-order valence-electron chi connectivity index (χ1n) is 4.10. The van der Waals surface area contributed by atoms with E-state index in [2.05, 4.69) is 0 Å². The van der Waals surface area contributed by atoms with Gasteiger partial charge >= 0.3 is 0 Å². The summed E-state index contributed by atoms with van der Waals surface area (Å²) >= 11 is 0. The zero-order valence-corrected chi connectivity index (χ0v) is 7.40. The van der Waals surface area contributed by atoms with Crippen LogP contribution in [0.25, 0.3) is 0 Å². The van der Waals surface area contributed by atoms with E-state index in [1.807, 2.05) is 26.0 Å². The van der Waals surface area contributed by atoms with Crippen molar-refractivity contribution in [2.45, 2.75) is 20.0 Å². The lowest BCUT2D eigenvalue weighted by Gasteiger charge is -2.11. The van der Waals surface area contributed by atoms with Gasteiger partial charge in [-0.25, -0.2) is 0 Å². The third-order valence-electron chi connectivity index (χ3n) is 1.83. The van der Waals surface area contributed by atoms with E-state index < -0.39 is 6.10 Å². The van der Waals surface area contributed by atoms with Crippen molar-refractivity contribution in [1.29, 1.82) is 0 Å². The Labute approximate surface area is 72.5 Å². The fourth-order valence-corrected chi connectivity index (χ4v) is 1.13. The molecule has 1 aromatic rings. The molecule has 1 rings (SSSR count). The minimum Gasteiger partial charge on any atom is -0.467 e. The van der Waals surface area contributed by atoms with Crippen LogP contribution in [0.1, 0.15) is 25.7 Å². The van der Waals surface area contributed by atoms with Crippen LogP contribution in [0.2, 0.25) is 0 Å². The number of aliphatic hydroxyl groups is 1. The number of hydrogen-bond acceptors (Lipinski definition) is 2. The fraction of sp³-hybridized carbons (Fsp3) is 0.400. The molecule has 2 atom stereocenters. The Hall–Kier alpha value is -1.02. The maximum absolute atomic E-state index is 9.66. The van der Waals surface area contributed by atoms with Crippen LogP contribution < -0.4 is 0 Å². The third-order valence-corrected chi connectivity index (χ3v) is 1.83. The van der Waals surface area contributed by atoms with Crippen LogP contribution in [0.15, 0.2) is 35.0 Å². The number of furan rings is 1. The predicted octanol–water partition coefficient (Wildman–Crippen LogP) is 2.53. The van der Waals surface area contributed by atoms with Gasteiger partial charge in [-0.15, -0.1) is 0 Å². The van der Waals surface area contributed by atoms with Gasteiger partial charge in [-0.2, -0.15) is 0 Å². The van der Waals surface area contributed by atoms with E-state index in [0.29, 0.717) is 5.76 Å². The predicted molar refractivity (Wildman–Crippen MR) is 47.6 cm³/mol. The zero-order valence-electron chi connectivity index (χ0n) is 7.40. The molecule has 1 heterocycles. The third kappa shape index (κ3) is 1.98. The first kappa shape index (κ1) is 9.07. The van der Waals surface area contributed by atoms with Gasteiger partial charge in [0.1, 0.15) is 11.9 Å². The van der Waals surface area contributed by atoms with Crippen LogP contribution in [-0.4, -0.2) is 5.11 Å². The van der Waals surface area contributed by atoms with Crippen LogP contribution >= 0.6 is 0 Å². The fourth-order valence-electron chi connectivity index (χ4n) is 1.13. The summed E-state index contributed by atoms with van der Waals surface area (Å²) in [5.41, 5.74) is 0. The highest BCUT2D eigenvalue weighted by molar-refractivity contribution is 5.05. The zero-order chi connectivity index (χ0) is 8.97. The Bertz CT molecular complexity index is 236. The lowest BCUT2D eigenvalue weighted by atomic mass is 10.0. The highest BCUT2D eigenvalue weighted by Gasteiger charge is 2.15. The van der Waals surface area contributed by atoms with E-state index in [1.165, 1.54) is 0 Å². The van der Waals surface area contributed by atoms with Crippen molar-refractivity contribution in [3.63, 3.8) is 0 Å². The summed E-state index contributed by atoms with van der Waals surface area (Å²) < 4.78 is 5.08. The maximum Gasteiger partial charge on any atom is 0.132 e. The molecule has 1 aromatic heterocycles. The molecule has 0 radical (unpaired) electrons. The van der Waals surface area contributed by atoms with Crippen molar-refractivity contribution in [2.75, 3.05) is 0 Å². The van der Waals surface area contributed by atoms with Crippen molar-refractivity contribution in [3.05, 3.63) is 36.3 Å². The quantitative estimate of drug-likeness (QED) is 0.700. The molecule has 66 valence electrons. The van der Waals surface area contributed by atoms with E-state index >= 15 is 0 Å². The van der Waals surface area contributed by atoms with Crippen molar-refractivity contribution < 1.29 is 9.52 Å². The molecule has 1 N–H and O–H groups in total. The van der Waals surface area contributed by atoms with Gasteiger partial charge in [-0.05, 0) is 19.1 Å². The molecule has 0 amide bonds. The van der Waals surface area contributed by atoms with Crippen molar-refractivity contribution in [2.24, 2.45) is 5.92 Å². The summed E-state index contributed by atoms with van der Waals surface area (Å²) in [5, 5.41) is 9.66. The summed E-state index contributed by atoms with van der Waals surface area (Å²) in [7, 11) is 0. The lowest BCUT2D eigenvalue weighted by Crippen LogP contribution is -2.05. The van der Waals surface area contributed by atoms with Crippen LogP contribution in [0.4, 0.5) is 0 Å². The van der Waals surface area contributed by atoms with Gasteiger partial charge in [-0.1, -0.05) is 19.1 Å². The van der Waals surface area contributed by atoms with Gasteiger partial charge in [0.15, 0.2) is 0 Å². The Balaban J connectivity index is 2.65. The SMILES string of the molecule is C/C=C/[C@H](C)[C@@H](O)c1ccco1. The van der Waals surface area contributed by atoms with E-state index in [1.54, 1.807) is 18.4 Å². The molecule has 0 fully saturated rings. The molecule has 0 saturated heterocycles. The smallest absolute Gasteiger partial charge is 0.132 e. The average Bonchev–Trinajstić information content (AvgIpc) is 2.55. The monoisotopic (exact) mass is 166 g/mol. The Morgan fingerprint density at radius 2 is 2.33 bits per heavy atom. The minimum atomic E-state index is -0.531. The highest BCUT2D eigenvalue weighted by atomic mass is 16.4. The summed E-state index contributed by atoms with van der Waals surface area (Å²) in [4.78, 5) is 0. The van der Waals surface area contributed by atoms with E-state index in [-0.39, 0.29) is 5.92 Å². The molecule has 0 aromatic carbocycles. The molecular weight excluding hydrogens is 152 g/mol. The first-order valence-corrected chi connectivity index (χ1v) is 4.10. The number of aliphatic hydroxyl groups excluding tert-OH is 1. The molecule has 12 heavy (non-hydrogen) atoms. The Morgan fingerprint density at radius 3 is 2.83 bits per heavy atom. The van der Waals surface area contributed by atoms with Crippen molar-refractivity contribution in [1.82, 2.24) is 0 Å². The second kappa shape index (κ2) is 4.12. The van der Waals surface area contributed by atoms with Gasteiger partial charge in [0.2, 0.25) is 0 Å². The molecule has 0 aliphatic rings. The number of hydrogen-bond donors (Lipinski definition) is 1. The van der Waals surface area contributed by atoms with Crippen LogP contribution in [-0.2, 0) is 0 Å². The standard InChI is InChI=1S/C10H14O2/c1-3-5-8(2)10(11)9-6-4-7-12-9/h3-8,10-11H,1-2H3/b5-3+/t8-,10+/m0/s1. The maximum atomic E-state index is 9.66. The summed E-state index contributed by atoms with van der Waals surface area (Å²) in [6, 6.07) is 3.56. The van der Waals surface area contributed by atoms with E-state index in [4.69, 9.17) is 4.42 Å². The average molecular weight is 166 g/mol. The first-order chi connectivity index (χ1) is 5.75. The number of rotatable bonds is 3. The van der Waals surface area contributed by atoms with Crippen LogP contribution in [0.5, 0.6) is 0 Å². The summed E-state index contributed by atoms with van der Waals surface area (Å²) in [6.07, 6.45) is 4.92. The van der Waals surface area contributed by atoms with Crippen molar-refractivity contribution >= 4 is 0 Å². The molecule has 0 saturated carbocycles. The topological polar surface area (TPSA) is 33.4 Å². The molecule has 0 unspecified atom stereocenters.